The Kier molecular flexibility index (Phi) is 10.2. The zero-order valence-electron chi connectivity index (χ0n) is 23.5. The van der Waals surface area contributed by atoms with Gasteiger partial charge in [0.25, 0.3) is 0 Å². The largest absolute Gasteiger partial charge is 0.443 e. The zero-order chi connectivity index (χ0) is 28.7. The Balaban J connectivity index is 1.65. The number of aliphatic hydroxyl groups is 1. The van der Waals surface area contributed by atoms with Gasteiger partial charge in [-0.3, -0.25) is 14.5 Å². The van der Waals surface area contributed by atoms with E-state index in [9.17, 15) is 24.3 Å². The highest BCUT2D eigenvalue weighted by molar-refractivity contribution is 5.90. The highest BCUT2D eigenvalue weighted by Gasteiger charge is 2.34. The third kappa shape index (κ3) is 8.58. The number of nitrogens with one attached hydrogen (secondary N) is 3. The van der Waals surface area contributed by atoms with Crippen molar-refractivity contribution in [1.82, 2.24) is 16.0 Å². The number of amides is 4. The number of hydrogen-bond donors (Lipinski definition) is 4. The maximum absolute atomic E-state index is 13.1. The van der Waals surface area contributed by atoms with Crippen LogP contribution in [-0.2, 0) is 19.1 Å². The SMILES string of the molecule is CC(C)CC(NC(=O)OC1CCN(C(=O)OC(C)(C)C)c2ccccc21)C(=O)NC(CO)C[C@@H]1CCNC1=O. The maximum Gasteiger partial charge on any atom is 0.414 e. The average Bonchev–Trinajstić information content (AvgIpc) is 3.25. The maximum atomic E-state index is 13.1. The number of aliphatic hydroxyl groups excluding tert-OH is 1. The summed E-state index contributed by atoms with van der Waals surface area (Å²) in [7, 11) is 0. The van der Waals surface area contributed by atoms with Crippen molar-refractivity contribution in [1.29, 1.82) is 0 Å². The van der Waals surface area contributed by atoms with Crippen molar-refractivity contribution in [2.45, 2.75) is 84.1 Å². The van der Waals surface area contributed by atoms with Gasteiger partial charge in [-0.25, -0.2) is 9.59 Å². The first-order valence-corrected chi connectivity index (χ1v) is 13.6. The fourth-order valence-corrected chi connectivity index (χ4v) is 4.86. The minimum absolute atomic E-state index is 0.0823. The predicted molar refractivity (Wildman–Crippen MR) is 145 cm³/mol. The molecule has 1 saturated heterocycles. The van der Waals surface area contributed by atoms with E-state index >= 15 is 0 Å². The van der Waals surface area contributed by atoms with Crippen molar-refractivity contribution >= 4 is 29.7 Å². The molecular weight excluding hydrogens is 504 g/mol. The van der Waals surface area contributed by atoms with Crippen LogP contribution in [0.25, 0.3) is 0 Å². The van der Waals surface area contributed by atoms with E-state index in [1.165, 1.54) is 4.90 Å². The average molecular weight is 547 g/mol. The number of nitrogens with zero attached hydrogens (tertiary/aromatic N) is 1. The molecule has 0 aromatic heterocycles. The second kappa shape index (κ2) is 13.1. The van der Waals surface area contributed by atoms with Crippen LogP contribution >= 0.6 is 0 Å². The van der Waals surface area contributed by atoms with Gasteiger partial charge in [-0.05, 0) is 52.0 Å². The van der Waals surface area contributed by atoms with Gasteiger partial charge in [0.2, 0.25) is 11.8 Å². The molecule has 0 spiro atoms. The normalized spacial score (nSPS) is 20.5. The number of alkyl carbamates (subject to hydrolysis) is 1. The van der Waals surface area contributed by atoms with E-state index in [0.717, 1.165) is 0 Å². The molecule has 3 rings (SSSR count). The van der Waals surface area contributed by atoms with E-state index in [1.807, 2.05) is 13.8 Å². The Morgan fingerprint density at radius 2 is 1.87 bits per heavy atom. The lowest BCUT2D eigenvalue weighted by Crippen LogP contribution is -2.51. The number of anilines is 1. The van der Waals surface area contributed by atoms with Gasteiger partial charge in [0.15, 0.2) is 0 Å². The number of fused-ring (bicyclic) bond motifs is 1. The van der Waals surface area contributed by atoms with E-state index in [4.69, 9.17) is 9.47 Å². The molecule has 11 heteroatoms. The Bertz CT molecular complexity index is 1040. The Morgan fingerprint density at radius 1 is 1.15 bits per heavy atom. The number of ether oxygens (including phenoxy) is 2. The lowest BCUT2D eigenvalue weighted by Gasteiger charge is -2.35. The van der Waals surface area contributed by atoms with Gasteiger partial charge in [-0.2, -0.15) is 0 Å². The molecule has 0 bridgehead atoms. The van der Waals surface area contributed by atoms with Crippen molar-refractivity contribution in [2.75, 3.05) is 24.6 Å². The van der Waals surface area contributed by atoms with Crippen LogP contribution in [0.3, 0.4) is 0 Å². The van der Waals surface area contributed by atoms with Crippen LogP contribution in [0.5, 0.6) is 0 Å². The molecular formula is C28H42N4O7. The van der Waals surface area contributed by atoms with Crippen LogP contribution in [0, 0.1) is 11.8 Å². The molecule has 0 aliphatic carbocycles. The molecule has 39 heavy (non-hydrogen) atoms. The first-order chi connectivity index (χ1) is 18.4. The van der Waals surface area contributed by atoms with Gasteiger partial charge in [-0.15, -0.1) is 0 Å². The monoisotopic (exact) mass is 546 g/mol. The number of carbonyl (C=O) groups excluding carboxylic acids is 4. The summed E-state index contributed by atoms with van der Waals surface area (Å²) < 4.78 is 11.3. The second-order valence-electron chi connectivity index (χ2n) is 11.6. The van der Waals surface area contributed by atoms with E-state index < -0.39 is 41.9 Å². The summed E-state index contributed by atoms with van der Waals surface area (Å²) in [6.07, 6.45) is -0.151. The zero-order valence-corrected chi connectivity index (χ0v) is 23.5. The van der Waals surface area contributed by atoms with E-state index in [-0.39, 0.29) is 24.3 Å². The topological polar surface area (TPSA) is 146 Å². The number of hydrogen-bond acceptors (Lipinski definition) is 7. The highest BCUT2D eigenvalue weighted by Crippen LogP contribution is 2.36. The van der Waals surface area contributed by atoms with E-state index in [1.54, 1.807) is 45.0 Å². The van der Waals surface area contributed by atoms with E-state index in [0.29, 0.717) is 50.0 Å². The third-order valence-corrected chi connectivity index (χ3v) is 6.67. The Morgan fingerprint density at radius 3 is 2.49 bits per heavy atom. The number of carbonyl (C=O) groups is 4. The molecule has 1 aromatic carbocycles. The van der Waals surface area contributed by atoms with Crippen LogP contribution in [0.4, 0.5) is 15.3 Å². The van der Waals surface area contributed by atoms with Gasteiger partial charge in [0.1, 0.15) is 17.7 Å². The second-order valence-corrected chi connectivity index (χ2v) is 11.6. The predicted octanol–water partition coefficient (Wildman–Crippen LogP) is 3.02. The molecule has 11 nitrogen and oxygen atoms in total. The quantitative estimate of drug-likeness (QED) is 0.372. The molecule has 0 radical (unpaired) electrons. The standard InChI is InChI=1S/C28H42N4O7/c1-17(2)14-21(25(35)30-19(16-33)15-18-10-12-29-24(18)34)31-26(36)38-23-11-13-32(27(37)39-28(3,4)5)22-9-7-6-8-20(22)23/h6-9,17-19,21,23,33H,10-16H2,1-5H3,(H,29,34)(H,30,35)(H,31,36)/t18-,19?,21?,23?/m0/s1. The molecule has 3 unspecified atom stereocenters. The van der Waals surface area contributed by atoms with Crippen molar-refractivity contribution in [3.8, 4) is 0 Å². The number of para-hydroxylation sites is 1. The molecule has 1 fully saturated rings. The molecule has 216 valence electrons. The van der Waals surface area contributed by atoms with Crippen LogP contribution in [0.15, 0.2) is 24.3 Å². The fraction of sp³-hybridized carbons (Fsp3) is 0.643. The first kappa shape index (κ1) is 30.2. The number of benzene rings is 1. The summed E-state index contributed by atoms with van der Waals surface area (Å²) in [5.74, 6) is -0.707. The summed E-state index contributed by atoms with van der Waals surface area (Å²) in [6, 6.07) is 5.69. The van der Waals surface area contributed by atoms with Gasteiger partial charge in [0, 0.05) is 31.0 Å². The lowest BCUT2D eigenvalue weighted by molar-refractivity contribution is -0.126. The summed E-state index contributed by atoms with van der Waals surface area (Å²) in [5.41, 5.74) is 0.628. The third-order valence-electron chi connectivity index (χ3n) is 6.67. The fourth-order valence-electron chi connectivity index (χ4n) is 4.86. The smallest absolute Gasteiger partial charge is 0.414 e. The molecule has 0 saturated carbocycles. The van der Waals surface area contributed by atoms with Gasteiger partial charge in [-0.1, -0.05) is 32.0 Å². The van der Waals surface area contributed by atoms with Crippen LogP contribution in [0.1, 0.15) is 72.0 Å². The van der Waals surface area contributed by atoms with Crippen molar-refractivity contribution < 1.29 is 33.8 Å². The highest BCUT2D eigenvalue weighted by atomic mass is 16.6. The Labute approximate surface area is 230 Å². The number of rotatable bonds is 9. The molecule has 4 N–H and O–H groups in total. The minimum Gasteiger partial charge on any atom is -0.443 e. The van der Waals surface area contributed by atoms with Crippen molar-refractivity contribution in [3.63, 3.8) is 0 Å². The van der Waals surface area contributed by atoms with Crippen LogP contribution < -0.4 is 20.9 Å². The summed E-state index contributed by atoms with van der Waals surface area (Å²) in [5, 5.41) is 18.0. The first-order valence-electron chi connectivity index (χ1n) is 13.6. The molecule has 4 atom stereocenters. The van der Waals surface area contributed by atoms with Crippen LogP contribution in [0.2, 0.25) is 0 Å². The van der Waals surface area contributed by atoms with Crippen LogP contribution in [-0.4, -0.2) is 66.5 Å². The Hall–Kier alpha value is -3.34. The van der Waals surface area contributed by atoms with Crippen molar-refractivity contribution in [2.24, 2.45) is 11.8 Å². The van der Waals surface area contributed by atoms with Crippen molar-refractivity contribution in [3.05, 3.63) is 29.8 Å². The lowest BCUT2D eigenvalue weighted by atomic mass is 9.97. The molecule has 2 heterocycles. The van der Waals surface area contributed by atoms with Gasteiger partial charge >= 0.3 is 12.2 Å². The minimum atomic E-state index is -0.888. The molecule has 1 aromatic rings. The van der Waals surface area contributed by atoms with E-state index in [2.05, 4.69) is 16.0 Å². The summed E-state index contributed by atoms with van der Waals surface area (Å²) >= 11 is 0. The summed E-state index contributed by atoms with van der Waals surface area (Å²) in [4.78, 5) is 52.3. The van der Waals surface area contributed by atoms with Gasteiger partial charge < -0.3 is 30.5 Å². The summed E-state index contributed by atoms with van der Waals surface area (Å²) in [6.45, 7) is 9.83. The van der Waals surface area contributed by atoms with Gasteiger partial charge in [0.05, 0.1) is 18.3 Å². The molecule has 2 aliphatic rings. The molecule has 4 amide bonds. The molecule has 2 aliphatic heterocycles.